The molecule has 0 aromatic rings. The van der Waals surface area contributed by atoms with Crippen LogP contribution in [0.2, 0.25) is 0 Å². The van der Waals surface area contributed by atoms with Crippen LogP contribution in [0.4, 0.5) is 0 Å². The Bertz CT molecular complexity index is 514. The third kappa shape index (κ3) is 2.67. The molecule has 6 atom stereocenters. The van der Waals surface area contributed by atoms with Crippen molar-refractivity contribution in [3.63, 3.8) is 0 Å². The van der Waals surface area contributed by atoms with Crippen LogP contribution in [0.5, 0.6) is 0 Å². The van der Waals surface area contributed by atoms with E-state index in [0.29, 0.717) is 0 Å². The van der Waals surface area contributed by atoms with Gasteiger partial charge in [-0.25, -0.2) is 0 Å². The number of hydrogen-bond donors (Lipinski definition) is 2. The van der Waals surface area contributed by atoms with Crippen molar-refractivity contribution < 1.29 is 0 Å². The summed E-state index contributed by atoms with van der Waals surface area (Å²) >= 11 is 0. The van der Waals surface area contributed by atoms with Crippen LogP contribution < -0.4 is 10.6 Å². The molecule has 3 heteroatoms. The lowest BCUT2D eigenvalue weighted by atomic mass is 9.93. The van der Waals surface area contributed by atoms with E-state index in [1.807, 2.05) is 0 Å². The Kier molecular flexibility index (Phi) is 3.70. The van der Waals surface area contributed by atoms with Gasteiger partial charge in [-0.05, 0) is 61.2 Å². The zero-order valence-electron chi connectivity index (χ0n) is 13.0. The van der Waals surface area contributed by atoms with Gasteiger partial charge in [-0.3, -0.25) is 0 Å². The van der Waals surface area contributed by atoms with E-state index in [-0.39, 0.29) is 0 Å². The molecule has 116 valence electrons. The molecule has 0 radical (unpaired) electrons. The Morgan fingerprint density at radius 1 is 0.909 bits per heavy atom. The number of allylic oxidation sites excluding steroid dienone is 5. The van der Waals surface area contributed by atoms with Crippen LogP contribution in [0.3, 0.4) is 0 Å². The summed E-state index contributed by atoms with van der Waals surface area (Å²) in [5.74, 6) is 5.55. The average Bonchev–Trinajstić information content (AvgIpc) is 3.30. The van der Waals surface area contributed by atoms with Crippen molar-refractivity contribution in [2.45, 2.75) is 25.7 Å². The highest BCUT2D eigenvalue weighted by atomic mass is 15.1. The molecule has 2 N–H and O–H groups in total. The average molecular weight is 295 g/mol. The van der Waals surface area contributed by atoms with Gasteiger partial charge in [0.1, 0.15) is 5.82 Å². The van der Waals surface area contributed by atoms with Gasteiger partial charge in [0, 0.05) is 13.1 Å². The summed E-state index contributed by atoms with van der Waals surface area (Å²) in [5.41, 5.74) is 0. The highest BCUT2D eigenvalue weighted by molar-refractivity contribution is 5.15. The number of fused-ring (bicyclic) bond motifs is 4. The molecule has 6 unspecified atom stereocenters. The van der Waals surface area contributed by atoms with Crippen LogP contribution in [0.15, 0.2) is 36.2 Å². The zero-order valence-corrected chi connectivity index (χ0v) is 13.0. The standard InChI is InChI=1S/C19H25N3/c20-6-5-19(21-11-17-9-13-1-3-15(17)7-13)22-12-18-10-14-2-4-16(18)8-14/h1-5,13-18,21-22H,7-12H2. The van der Waals surface area contributed by atoms with Crippen LogP contribution in [0.25, 0.3) is 0 Å². The normalized spacial score (nSPS) is 40.0. The lowest BCUT2D eigenvalue weighted by Gasteiger charge is -2.23. The van der Waals surface area contributed by atoms with Gasteiger partial charge in [-0.15, -0.1) is 0 Å². The summed E-state index contributed by atoms with van der Waals surface area (Å²) in [4.78, 5) is 0. The van der Waals surface area contributed by atoms with Gasteiger partial charge >= 0.3 is 0 Å². The maximum absolute atomic E-state index is 9.00. The van der Waals surface area contributed by atoms with E-state index >= 15 is 0 Å². The number of nitriles is 1. The second-order valence-corrected chi connectivity index (χ2v) is 7.53. The van der Waals surface area contributed by atoms with E-state index in [4.69, 9.17) is 5.26 Å². The van der Waals surface area contributed by atoms with Crippen molar-refractivity contribution in [3.05, 3.63) is 36.2 Å². The van der Waals surface area contributed by atoms with Crippen molar-refractivity contribution in [3.8, 4) is 6.07 Å². The first-order valence-corrected chi connectivity index (χ1v) is 8.76. The minimum absolute atomic E-state index is 0.740. The molecular formula is C19H25N3. The fourth-order valence-corrected chi connectivity index (χ4v) is 4.97. The predicted octanol–water partition coefficient (Wildman–Crippen LogP) is 2.95. The summed E-state index contributed by atoms with van der Waals surface area (Å²) in [6.45, 7) is 1.98. The summed E-state index contributed by atoms with van der Waals surface area (Å²) < 4.78 is 0. The first-order valence-electron chi connectivity index (χ1n) is 8.76. The van der Waals surface area contributed by atoms with Crippen LogP contribution in [0, 0.1) is 46.8 Å². The first kappa shape index (κ1) is 13.9. The van der Waals surface area contributed by atoms with Gasteiger partial charge in [-0.1, -0.05) is 24.3 Å². The van der Waals surface area contributed by atoms with Crippen molar-refractivity contribution in [2.75, 3.05) is 13.1 Å². The molecule has 2 saturated carbocycles. The van der Waals surface area contributed by atoms with E-state index in [1.165, 1.54) is 25.7 Å². The Morgan fingerprint density at radius 2 is 1.45 bits per heavy atom. The molecule has 3 nitrogen and oxygen atoms in total. The predicted molar refractivity (Wildman–Crippen MR) is 87.4 cm³/mol. The molecule has 0 aliphatic heterocycles. The Labute approximate surface area is 133 Å². The molecule has 0 saturated heterocycles. The molecule has 4 bridgehead atoms. The molecule has 4 rings (SSSR count). The van der Waals surface area contributed by atoms with E-state index in [9.17, 15) is 0 Å². The van der Waals surface area contributed by atoms with Gasteiger partial charge in [0.05, 0.1) is 12.1 Å². The Balaban J connectivity index is 1.26. The second-order valence-electron chi connectivity index (χ2n) is 7.53. The largest absolute Gasteiger partial charge is 0.371 e. The summed E-state index contributed by atoms with van der Waals surface area (Å²) in [5, 5.41) is 16.0. The number of hydrogen-bond acceptors (Lipinski definition) is 3. The summed E-state index contributed by atoms with van der Waals surface area (Å²) in [6, 6.07) is 2.17. The summed E-state index contributed by atoms with van der Waals surface area (Å²) in [7, 11) is 0. The quantitative estimate of drug-likeness (QED) is 0.585. The molecule has 4 aliphatic rings. The molecule has 0 amide bonds. The van der Waals surface area contributed by atoms with E-state index in [0.717, 1.165) is 54.4 Å². The van der Waals surface area contributed by atoms with Crippen LogP contribution in [-0.2, 0) is 0 Å². The lowest BCUT2D eigenvalue weighted by molar-refractivity contribution is 0.403. The molecule has 4 aliphatic carbocycles. The Hall–Kier alpha value is -1.69. The molecular weight excluding hydrogens is 270 g/mol. The third-order valence-corrected chi connectivity index (χ3v) is 6.15. The molecule has 0 spiro atoms. The first-order chi connectivity index (χ1) is 10.8. The van der Waals surface area contributed by atoms with Gasteiger partial charge in [-0.2, -0.15) is 5.26 Å². The highest BCUT2D eigenvalue weighted by Crippen LogP contribution is 2.44. The van der Waals surface area contributed by atoms with Crippen molar-refractivity contribution in [1.82, 2.24) is 10.6 Å². The maximum atomic E-state index is 9.00. The fourth-order valence-electron chi connectivity index (χ4n) is 4.97. The van der Waals surface area contributed by atoms with Gasteiger partial charge in [0.15, 0.2) is 0 Å². The zero-order chi connectivity index (χ0) is 14.9. The number of nitrogens with one attached hydrogen (secondary N) is 2. The number of nitrogens with zero attached hydrogens (tertiary/aromatic N) is 1. The monoisotopic (exact) mass is 295 g/mol. The summed E-state index contributed by atoms with van der Waals surface area (Å²) in [6.07, 6.45) is 16.5. The third-order valence-electron chi connectivity index (χ3n) is 6.15. The van der Waals surface area contributed by atoms with Crippen molar-refractivity contribution >= 4 is 0 Å². The topological polar surface area (TPSA) is 47.9 Å². The van der Waals surface area contributed by atoms with Crippen LogP contribution in [0.1, 0.15) is 25.7 Å². The van der Waals surface area contributed by atoms with Crippen molar-refractivity contribution in [2.24, 2.45) is 35.5 Å². The second kappa shape index (κ2) is 5.83. The van der Waals surface area contributed by atoms with Gasteiger partial charge in [0.2, 0.25) is 0 Å². The molecule has 0 aromatic carbocycles. The lowest BCUT2D eigenvalue weighted by Crippen LogP contribution is -2.34. The minimum Gasteiger partial charge on any atom is -0.371 e. The SMILES string of the molecule is N#CC=C(NCC1CC2C=CC1C2)NCC1CC2C=CC1C2. The van der Waals surface area contributed by atoms with Gasteiger partial charge in [0.25, 0.3) is 0 Å². The molecule has 2 fully saturated rings. The maximum Gasteiger partial charge on any atom is 0.109 e. The molecule has 0 aromatic heterocycles. The van der Waals surface area contributed by atoms with Crippen molar-refractivity contribution in [1.29, 1.82) is 5.26 Å². The molecule has 0 heterocycles. The van der Waals surface area contributed by atoms with Crippen LogP contribution >= 0.6 is 0 Å². The van der Waals surface area contributed by atoms with Gasteiger partial charge < -0.3 is 10.6 Å². The molecule has 22 heavy (non-hydrogen) atoms. The van der Waals surface area contributed by atoms with E-state index in [1.54, 1.807) is 6.08 Å². The van der Waals surface area contributed by atoms with E-state index in [2.05, 4.69) is 41.0 Å². The fraction of sp³-hybridized carbons (Fsp3) is 0.632. The Morgan fingerprint density at radius 3 is 1.82 bits per heavy atom. The minimum atomic E-state index is 0.740. The van der Waals surface area contributed by atoms with Crippen LogP contribution in [-0.4, -0.2) is 13.1 Å². The smallest absolute Gasteiger partial charge is 0.109 e. The van der Waals surface area contributed by atoms with E-state index < -0.39 is 0 Å². The highest BCUT2D eigenvalue weighted by Gasteiger charge is 2.36. The number of rotatable bonds is 6.